The van der Waals surface area contributed by atoms with Gasteiger partial charge in [0.25, 0.3) is 10.0 Å². The van der Waals surface area contributed by atoms with Crippen molar-refractivity contribution in [1.29, 1.82) is 0 Å². The minimum absolute atomic E-state index is 0.0519. The highest BCUT2D eigenvalue weighted by Crippen LogP contribution is 2.18. The lowest BCUT2D eigenvalue weighted by molar-refractivity contribution is 0.101. The number of sulfonamides is 1. The molecule has 2 rings (SSSR count). The normalized spacial score (nSPS) is 11.3. The van der Waals surface area contributed by atoms with E-state index in [0.29, 0.717) is 11.3 Å². The average molecular weight is 359 g/mol. The van der Waals surface area contributed by atoms with Gasteiger partial charge in [-0.1, -0.05) is 38.3 Å². The summed E-state index contributed by atoms with van der Waals surface area (Å²) in [5.41, 5.74) is 2.14. The van der Waals surface area contributed by atoms with Crippen molar-refractivity contribution in [3.8, 4) is 0 Å². The molecule has 4 nitrogen and oxygen atoms in total. The number of hydrogen-bond acceptors (Lipinski definition) is 3. The maximum atomic E-state index is 12.5. The van der Waals surface area contributed by atoms with Gasteiger partial charge in [-0.3, -0.25) is 9.52 Å². The summed E-state index contributed by atoms with van der Waals surface area (Å²) in [6.45, 7) is 3.66. The lowest BCUT2D eigenvalue weighted by Gasteiger charge is -2.09. The molecule has 1 N–H and O–H groups in total. The number of hydrogen-bond donors (Lipinski definition) is 1. The minimum atomic E-state index is -3.63. The van der Waals surface area contributed by atoms with Gasteiger partial charge in [0.05, 0.1) is 4.90 Å². The highest BCUT2D eigenvalue weighted by molar-refractivity contribution is 7.92. The van der Waals surface area contributed by atoms with Crippen molar-refractivity contribution in [3.05, 3.63) is 59.7 Å². The summed E-state index contributed by atoms with van der Waals surface area (Å²) in [6.07, 6.45) is 5.74. The summed E-state index contributed by atoms with van der Waals surface area (Å²) in [5.74, 6) is -0.0519. The van der Waals surface area contributed by atoms with Crippen LogP contribution in [0, 0.1) is 0 Å². The number of unbranched alkanes of at least 4 members (excludes halogenated alkanes) is 3. The fraction of sp³-hybridized carbons (Fsp3) is 0.350. The highest BCUT2D eigenvalue weighted by atomic mass is 32.2. The zero-order valence-corrected chi connectivity index (χ0v) is 15.6. The summed E-state index contributed by atoms with van der Waals surface area (Å²) in [4.78, 5) is 11.5. The van der Waals surface area contributed by atoms with Crippen LogP contribution in [0.2, 0.25) is 0 Å². The molecule has 25 heavy (non-hydrogen) atoms. The van der Waals surface area contributed by atoms with Crippen LogP contribution in [-0.2, 0) is 16.4 Å². The monoisotopic (exact) mass is 359 g/mol. The predicted octanol–water partition coefficient (Wildman–Crippen LogP) is 4.81. The van der Waals surface area contributed by atoms with Gasteiger partial charge < -0.3 is 0 Å². The average Bonchev–Trinajstić information content (AvgIpc) is 2.59. The van der Waals surface area contributed by atoms with Gasteiger partial charge in [0, 0.05) is 11.3 Å². The summed E-state index contributed by atoms with van der Waals surface area (Å²) in [5, 5.41) is 0. The summed E-state index contributed by atoms with van der Waals surface area (Å²) < 4.78 is 27.4. The van der Waals surface area contributed by atoms with E-state index in [2.05, 4.69) is 11.6 Å². The second-order valence-electron chi connectivity index (χ2n) is 6.19. The molecule has 0 heterocycles. The van der Waals surface area contributed by atoms with Crippen LogP contribution < -0.4 is 4.72 Å². The quantitative estimate of drug-likeness (QED) is 0.516. The first-order valence-corrected chi connectivity index (χ1v) is 10.1. The second-order valence-corrected chi connectivity index (χ2v) is 7.88. The van der Waals surface area contributed by atoms with Crippen molar-refractivity contribution >= 4 is 21.5 Å². The number of ketones is 1. The van der Waals surface area contributed by atoms with Crippen molar-refractivity contribution in [1.82, 2.24) is 0 Å². The molecule has 0 aliphatic rings. The first-order chi connectivity index (χ1) is 11.9. The Balaban J connectivity index is 2.02. The molecule has 0 amide bonds. The molecule has 0 spiro atoms. The molecule has 0 aliphatic carbocycles. The Morgan fingerprint density at radius 3 is 2.12 bits per heavy atom. The van der Waals surface area contributed by atoms with E-state index < -0.39 is 10.0 Å². The van der Waals surface area contributed by atoms with Crippen LogP contribution in [0.1, 0.15) is 55.5 Å². The molecular weight excluding hydrogens is 334 g/mol. The molecule has 2 aromatic carbocycles. The van der Waals surface area contributed by atoms with Gasteiger partial charge in [-0.05, 0) is 61.7 Å². The Morgan fingerprint density at radius 1 is 0.920 bits per heavy atom. The second kappa shape index (κ2) is 8.81. The maximum absolute atomic E-state index is 12.5. The zero-order valence-electron chi connectivity index (χ0n) is 14.8. The molecule has 0 fully saturated rings. The molecule has 0 radical (unpaired) electrons. The summed E-state index contributed by atoms with van der Waals surface area (Å²) in [7, 11) is -3.63. The van der Waals surface area contributed by atoms with Crippen molar-refractivity contribution in [2.24, 2.45) is 0 Å². The van der Waals surface area contributed by atoms with Crippen molar-refractivity contribution < 1.29 is 13.2 Å². The third-order valence-corrected chi connectivity index (χ3v) is 5.49. The van der Waals surface area contributed by atoms with Crippen molar-refractivity contribution in [2.45, 2.75) is 50.8 Å². The van der Waals surface area contributed by atoms with E-state index in [1.165, 1.54) is 26.2 Å². The molecule has 0 aromatic heterocycles. The number of benzene rings is 2. The minimum Gasteiger partial charge on any atom is -0.295 e. The fourth-order valence-electron chi connectivity index (χ4n) is 2.58. The van der Waals surface area contributed by atoms with E-state index in [1.54, 1.807) is 36.4 Å². The number of aryl methyl sites for hydroxylation is 1. The highest BCUT2D eigenvalue weighted by Gasteiger charge is 2.14. The molecule has 2 aromatic rings. The predicted molar refractivity (Wildman–Crippen MR) is 102 cm³/mol. The number of Topliss-reactive ketones (excluding diaryl/α,β-unsaturated/α-hetero) is 1. The Kier molecular flexibility index (Phi) is 6.76. The van der Waals surface area contributed by atoms with Crippen molar-refractivity contribution in [2.75, 3.05) is 4.72 Å². The Morgan fingerprint density at radius 2 is 1.56 bits per heavy atom. The maximum Gasteiger partial charge on any atom is 0.261 e. The third kappa shape index (κ3) is 5.71. The van der Waals surface area contributed by atoms with Crippen molar-refractivity contribution in [3.63, 3.8) is 0 Å². The largest absolute Gasteiger partial charge is 0.295 e. The van der Waals surface area contributed by atoms with Gasteiger partial charge >= 0.3 is 0 Å². The van der Waals surface area contributed by atoms with Gasteiger partial charge in [-0.2, -0.15) is 0 Å². The molecule has 0 unspecified atom stereocenters. The number of rotatable bonds is 9. The lowest BCUT2D eigenvalue weighted by Crippen LogP contribution is -2.13. The number of anilines is 1. The van der Waals surface area contributed by atoms with Crippen LogP contribution >= 0.6 is 0 Å². The van der Waals surface area contributed by atoms with Gasteiger partial charge in [0.15, 0.2) is 5.78 Å². The zero-order chi connectivity index (χ0) is 18.3. The number of carbonyl (C=O) groups is 1. The lowest BCUT2D eigenvalue weighted by atomic mass is 10.1. The van der Waals surface area contributed by atoms with E-state index in [1.807, 2.05) is 12.1 Å². The molecule has 0 aliphatic heterocycles. The molecule has 0 atom stereocenters. The summed E-state index contributed by atoms with van der Waals surface area (Å²) >= 11 is 0. The molecule has 0 saturated heterocycles. The van der Waals surface area contributed by atoms with Crippen LogP contribution in [0.15, 0.2) is 53.4 Å². The fourth-order valence-corrected chi connectivity index (χ4v) is 3.64. The topological polar surface area (TPSA) is 63.2 Å². The SMILES string of the molecule is CCCCCCc1ccc(S(=O)(=O)Nc2ccc(C(C)=O)cc2)cc1. The standard InChI is InChI=1S/C20H25NO3S/c1-3-4-5-6-7-17-8-14-20(15-9-17)25(23,24)21-19-12-10-18(11-13-19)16(2)22/h8-15,21H,3-7H2,1-2H3. The van der Waals surface area contributed by atoms with E-state index in [9.17, 15) is 13.2 Å². The summed E-state index contributed by atoms with van der Waals surface area (Å²) in [6, 6.07) is 13.4. The first-order valence-electron chi connectivity index (χ1n) is 8.65. The molecule has 134 valence electrons. The van der Waals surface area contributed by atoms with Crippen LogP contribution in [-0.4, -0.2) is 14.2 Å². The van der Waals surface area contributed by atoms with E-state index in [0.717, 1.165) is 18.4 Å². The van der Waals surface area contributed by atoms with Crippen LogP contribution in [0.25, 0.3) is 0 Å². The molecule has 0 saturated carbocycles. The molecule has 0 bridgehead atoms. The Hall–Kier alpha value is -2.14. The molecular formula is C20H25NO3S. The van der Waals surface area contributed by atoms with Gasteiger partial charge in [-0.15, -0.1) is 0 Å². The van der Waals surface area contributed by atoms with E-state index in [4.69, 9.17) is 0 Å². The van der Waals surface area contributed by atoms with Gasteiger partial charge in [0.2, 0.25) is 0 Å². The van der Waals surface area contributed by atoms with Crippen LogP contribution in [0.3, 0.4) is 0 Å². The van der Waals surface area contributed by atoms with Gasteiger partial charge in [-0.25, -0.2) is 8.42 Å². The van der Waals surface area contributed by atoms with Gasteiger partial charge in [0.1, 0.15) is 0 Å². The first kappa shape index (κ1) is 19.2. The Bertz CT molecular complexity index is 794. The molecule has 5 heteroatoms. The van der Waals surface area contributed by atoms with E-state index >= 15 is 0 Å². The smallest absolute Gasteiger partial charge is 0.261 e. The van der Waals surface area contributed by atoms with E-state index in [-0.39, 0.29) is 10.7 Å². The number of nitrogens with one attached hydrogen (secondary N) is 1. The third-order valence-electron chi connectivity index (χ3n) is 4.10. The number of carbonyl (C=O) groups excluding carboxylic acids is 1. The van der Waals surface area contributed by atoms with Crippen LogP contribution in [0.5, 0.6) is 0 Å². The Labute approximate surface area is 150 Å². The van der Waals surface area contributed by atoms with Crippen LogP contribution in [0.4, 0.5) is 5.69 Å².